The van der Waals surface area contributed by atoms with Crippen LogP contribution in [0.15, 0.2) is 48.5 Å². The topological polar surface area (TPSA) is 89.8 Å². The van der Waals surface area contributed by atoms with E-state index >= 15 is 0 Å². The van der Waals surface area contributed by atoms with Crippen LogP contribution in [-0.4, -0.2) is 30.0 Å². The number of amides is 1. The number of carbonyl (C=O) groups is 2. The molecule has 1 amide bonds. The smallest absolute Gasteiger partial charge is 0.311 e. The van der Waals surface area contributed by atoms with Crippen LogP contribution in [0.1, 0.15) is 22.8 Å². The fraction of sp³-hybridized carbons (Fsp3) is 0.263. The van der Waals surface area contributed by atoms with Gasteiger partial charge in [-0.15, -0.1) is 0 Å². The molecule has 2 aromatic rings. The maximum atomic E-state index is 13.0. The molecule has 0 bridgehead atoms. The number of nitro benzene ring substituents is 1. The predicted molar refractivity (Wildman–Crippen MR) is 95.0 cm³/mol. The molecule has 1 heterocycles. The van der Waals surface area contributed by atoms with Gasteiger partial charge in [0.15, 0.2) is 0 Å². The molecule has 0 fully saturated rings. The molecule has 0 aromatic heterocycles. The van der Waals surface area contributed by atoms with Gasteiger partial charge in [0.05, 0.1) is 17.4 Å². The first-order valence-electron chi connectivity index (χ1n) is 8.32. The van der Waals surface area contributed by atoms with Gasteiger partial charge in [-0.25, -0.2) is 0 Å². The highest BCUT2D eigenvalue weighted by Crippen LogP contribution is 2.31. The molecule has 1 aliphatic heterocycles. The lowest BCUT2D eigenvalue weighted by Crippen LogP contribution is -2.43. The van der Waals surface area contributed by atoms with E-state index in [4.69, 9.17) is 4.74 Å². The molecule has 7 nitrogen and oxygen atoms in total. The summed E-state index contributed by atoms with van der Waals surface area (Å²) in [6.07, 6.45) is 0.513. The number of hydrogen-bond donors (Lipinski definition) is 0. The third-order valence-corrected chi connectivity index (χ3v) is 4.34. The van der Waals surface area contributed by atoms with Crippen LogP contribution in [0.2, 0.25) is 0 Å². The van der Waals surface area contributed by atoms with Gasteiger partial charge in [0, 0.05) is 29.9 Å². The van der Waals surface area contributed by atoms with Gasteiger partial charge < -0.3 is 9.64 Å². The number of ether oxygens (including phenoxy) is 1. The highest BCUT2D eigenvalue weighted by molar-refractivity contribution is 6.07. The Balaban J connectivity index is 1.92. The van der Waals surface area contributed by atoms with Gasteiger partial charge in [-0.1, -0.05) is 18.2 Å². The second kappa shape index (κ2) is 7.35. The molecular weight excluding hydrogens is 336 g/mol. The van der Waals surface area contributed by atoms with E-state index in [1.54, 1.807) is 11.8 Å². The van der Waals surface area contributed by atoms with Crippen molar-refractivity contribution in [2.75, 3.05) is 18.1 Å². The van der Waals surface area contributed by atoms with Crippen LogP contribution < -0.4 is 4.90 Å². The summed E-state index contributed by atoms with van der Waals surface area (Å²) in [5, 5.41) is 10.8. The minimum absolute atomic E-state index is 0.0787. The van der Waals surface area contributed by atoms with Gasteiger partial charge in [0.1, 0.15) is 0 Å². The molecule has 134 valence electrons. The first-order chi connectivity index (χ1) is 12.5. The zero-order valence-corrected chi connectivity index (χ0v) is 14.3. The van der Waals surface area contributed by atoms with E-state index < -0.39 is 10.8 Å². The molecule has 0 saturated heterocycles. The zero-order chi connectivity index (χ0) is 18.7. The van der Waals surface area contributed by atoms with Crippen molar-refractivity contribution >= 4 is 23.3 Å². The number of para-hydroxylation sites is 1. The van der Waals surface area contributed by atoms with Crippen molar-refractivity contribution in [1.82, 2.24) is 0 Å². The van der Waals surface area contributed by atoms with Crippen LogP contribution >= 0.6 is 0 Å². The Bertz CT molecular complexity index is 847. The van der Waals surface area contributed by atoms with Crippen LogP contribution in [0.3, 0.4) is 0 Å². The number of carbonyl (C=O) groups excluding carboxylic acids is 2. The summed E-state index contributed by atoms with van der Waals surface area (Å²) in [5.74, 6) is -1.07. The highest BCUT2D eigenvalue weighted by Gasteiger charge is 2.33. The highest BCUT2D eigenvalue weighted by atomic mass is 16.6. The Morgan fingerprint density at radius 1 is 1.19 bits per heavy atom. The third-order valence-electron chi connectivity index (χ3n) is 4.34. The van der Waals surface area contributed by atoms with E-state index in [9.17, 15) is 19.7 Å². The van der Waals surface area contributed by atoms with Crippen LogP contribution in [0.4, 0.5) is 11.4 Å². The monoisotopic (exact) mass is 354 g/mol. The van der Waals surface area contributed by atoms with E-state index in [0.717, 1.165) is 11.3 Å². The average molecular weight is 354 g/mol. The summed E-state index contributed by atoms with van der Waals surface area (Å²) in [6.45, 7) is 2.24. The largest absolute Gasteiger partial charge is 0.466 e. The normalized spacial score (nSPS) is 15.9. The van der Waals surface area contributed by atoms with Crippen molar-refractivity contribution in [3.05, 3.63) is 69.8 Å². The number of rotatable bonds is 4. The van der Waals surface area contributed by atoms with E-state index in [2.05, 4.69) is 0 Å². The number of anilines is 1. The van der Waals surface area contributed by atoms with E-state index in [1.165, 1.54) is 24.3 Å². The number of fused-ring (bicyclic) bond motifs is 1. The Hall–Kier alpha value is -3.22. The molecule has 1 atom stereocenters. The lowest BCUT2D eigenvalue weighted by Gasteiger charge is -2.33. The molecule has 0 aliphatic carbocycles. The molecule has 7 heteroatoms. The summed E-state index contributed by atoms with van der Waals surface area (Å²) in [6, 6.07) is 12.9. The van der Waals surface area contributed by atoms with Crippen molar-refractivity contribution in [2.24, 2.45) is 5.92 Å². The van der Waals surface area contributed by atoms with E-state index in [-0.39, 0.29) is 30.7 Å². The second-order valence-corrected chi connectivity index (χ2v) is 6.00. The van der Waals surface area contributed by atoms with Crippen molar-refractivity contribution in [1.29, 1.82) is 0 Å². The number of nitro groups is 1. The lowest BCUT2D eigenvalue weighted by atomic mass is 9.92. The van der Waals surface area contributed by atoms with E-state index in [1.807, 2.05) is 24.3 Å². The number of hydrogen-bond acceptors (Lipinski definition) is 5. The molecule has 0 radical (unpaired) electrons. The lowest BCUT2D eigenvalue weighted by molar-refractivity contribution is -0.384. The van der Waals surface area contributed by atoms with Crippen LogP contribution in [0.5, 0.6) is 0 Å². The quantitative estimate of drug-likeness (QED) is 0.478. The van der Waals surface area contributed by atoms with Crippen LogP contribution in [0.25, 0.3) is 0 Å². The van der Waals surface area contributed by atoms with Gasteiger partial charge in [-0.05, 0) is 37.1 Å². The molecule has 0 spiro atoms. The van der Waals surface area contributed by atoms with Gasteiger partial charge in [0.25, 0.3) is 11.6 Å². The maximum absolute atomic E-state index is 13.0. The molecule has 0 N–H and O–H groups in total. The summed E-state index contributed by atoms with van der Waals surface area (Å²) in [7, 11) is 0. The Morgan fingerprint density at radius 3 is 2.54 bits per heavy atom. The summed E-state index contributed by atoms with van der Waals surface area (Å²) < 4.78 is 5.12. The van der Waals surface area contributed by atoms with Gasteiger partial charge >= 0.3 is 5.97 Å². The van der Waals surface area contributed by atoms with Gasteiger partial charge in [0.2, 0.25) is 0 Å². The number of non-ortho nitro benzene ring substituents is 1. The van der Waals surface area contributed by atoms with Gasteiger partial charge in [-0.2, -0.15) is 0 Å². The van der Waals surface area contributed by atoms with E-state index in [0.29, 0.717) is 12.0 Å². The second-order valence-electron chi connectivity index (χ2n) is 6.00. The number of benzene rings is 2. The van der Waals surface area contributed by atoms with Crippen molar-refractivity contribution in [3.8, 4) is 0 Å². The maximum Gasteiger partial charge on any atom is 0.311 e. The van der Waals surface area contributed by atoms with Crippen molar-refractivity contribution in [2.45, 2.75) is 13.3 Å². The molecule has 3 rings (SSSR count). The fourth-order valence-electron chi connectivity index (χ4n) is 3.09. The molecule has 2 aromatic carbocycles. The standard InChI is InChI=1S/C19H18N2O5/c1-2-26-19(23)15-11-14-5-3-4-6-17(14)20(12-15)18(22)13-7-9-16(10-8-13)21(24)25/h3-10,15H,2,11-12H2,1H3. The summed E-state index contributed by atoms with van der Waals surface area (Å²) in [5.41, 5.74) is 1.89. The molecule has 26 heavy (non-hydrogen) atoms. The first kappa shape index (κ1) is 17.6. The molecule has 0 saturated carbocycles. The molecule has 1 aliphatic rings. The van der Waals surface area contributed by atoms with Crippen LogP contribution in [-0.2, 0) is 16.0 Å². The summed E-state index contributed by atoms with van der Waals surface area (Å²) in [4.78, 5) is 37.0. The van der Waals surface area contributed by atoms with Crippen molar-refractivity contribution < 1.29 is 19.2 Å². The molecular formula is C19H18N2O5. The summed E-state index contributed by atoms with van der Waals surface area (Å²) >= 11 is 0. The fourth-order valence-corrected chi connectivity index (χ4v) is 3.09. The molecule has 1 unspecified atom stereocenters. The Morgan fingerprint density at radius 2 is 1.88 bits per heavy atom. The minimum atomic E-state index is -0.513. The third kappa shape index (κ3) is 3.42. The van der Waals surface area contributed by atoms with Crippen molar-refractivity contribution in [3.63, 3.8) is 0 Å². The first-order valence-corrected chi connectivity index (χ1v) is 8.32. The Kier molecular flexibility index (Phi) is 4.97. The minimum Gasteiger partial charge on any atom is -0.466 e. The number of esters is 1. The average Bonchev–Trinajstić information content (AvgIpc) is 2.66. The Labute approximate surface area is 150 Å². The predicted octanol–water partition coefficient (Wildman–Crippen LogP) is 2.98. The number of nitrogens with zero attached hydrogens (tertiary/aromatic N) is 2. The van der Waals surface area contributed by atoms with Gasteiger partial charge in [-0.3, -0.25) is 19.7 Å². The van der Waals surface area contributed by atoms with Crippen LogP contribution in [0, 0.1) is 16.0 Å². The zero-order valence-electron chi connectivity index (χ0n) is 14.3. The SMILES string of the molecule is CCOC(=O)C1Cc2ccccc2N(C(=O)c2ccc([N+](=O)[O-])cc2)C1.